The van der Waals surface area contributed by atoms with Gasteiger partial charge in [-0.2, -0.15) is 4.57 Å². The van der Waals surface area contributed by atoms with E-state index in [2.05, 4.69) is 19.2 Å². The summed E-state index contributed by atoms with van der Waals surface area (Å²) in [6.45, 7) is 6.86. The number of fused-ring (bicyclic) bond motifs is 1. The Hall–Kier alpha value is -2.72. The van der Waals surface area contributed by atoms with Crippen molar-refractivity contribution in [1.29, 1.82) is 0 Å². The van der Waals surface area contributed by atoms with Crippen molar-refractivity contribution in [2.75, 3.05) is 39.2 Å². The number of pyridine rings is 1. The third-order valence-corrected chi connectivity index (χ3v) is 10.7. The number of unbranched alkanes of at least 4 members (excludes halogenated alkanes) is 12. The number of hydrogen-bond donors (Lipinski definition) is 1. The monoisotopic (exact) mass is 690 g/mol. The lowest BCUT2D eigenvalue weighted by atomic mass is 10.0. The summed E-state index contributed by atoms with van der Waals surface area (Å²) in [5.41, 5.74) is 1.02. The highest BCUT2D eigenvalue weighted by Crippen LogP contribution is 2.15. The first-order chi connectivity index (χ1) is 23.1. The number of hydrogen-bond acceptors (Lipinski definition) is 6. The van der Waals surface area contributed by atoms with Gasteiger partial charge in [-0.3, -0.25) is 4.79 Å². The Bertz CT molecular complexity index is 1280. The fourth-order valence-corrected chi connectivity index (χ4v) is 7.61. The number of carbonyl (C=O) groups is 2. The van der Waals surface area contributed by atoms with Crippen LogP contribution in [0.5, 0.6) is 0 Å². The van der Waals surface area contributed by atoms with Gasteiger partial charge in [0.15, 0.2) is 6.20 Å². The van der Waals surface area contributed by atoms with Gasteiger partial charge in [0.25, 0.3) is 0 Å². The van der Waals surface area contributed by atoms with Gasteiger partial charge in [-0.25, -0.2) is 17.5 Å². The van der Waals surface area contributed by atoms with Gasteiger partial charge in [-0.15, -0.1) is 0 Å². The minimum atomic E-state index is -3.88. The first-order valence-electron chi connectivity index (χ1n) is 18.4. The lowest BCUT2D eigenvalue weighted by Gasteiger charge is -2.25. The van der Waals surface area contributed by atoms with Crippen LogP contribution in [0.3, 0.4) is 0 Å². The van der Waals surface area contributed by atoms with E-state index in [-0.39, 0.29) is 25.5 Å². The molecule has 1 aromatic heterocycles. The highest BCUT2D eigenvalue weighted by Gasteiger charge is 2.29. The molecule has 10 heteroatoms. The highest BCUT2D eigenvalue weighted by atomic mass is 32.2. The van der Waals surface area contributed by atoms with E-state index in [9.17, 15) is 18.0 Å². The minimum Gasteiger partial charge on any atom is -0.449 e. The van der Waals surface area contributed by atoms with Gasteiger partial charge in [0.2, 0.25) is 21.4 Å². The molecule has 2 aromatic rings. The number of methoxy groups -OCH3 is 1. The molecule has 0 aliphatic heterocycles. The Labute approximate surface area is 291 Å². The highest BCUT2D eigenvalue weighted by molar-refractivity contribution is 7.89. The van der Waals surface area contributed by atoms with E-state index in [0.29, 0.717) is 19.5 Å². The van der Waals surface area contributed by atoms with Crippen LogP contribution in [-0.4, -0.2) is 63.9 Å². The molecular formula is C38H64N3O6S+. The maximum Gasteiger partial charge on any atom is 0.407 e. The van der Waals surface area contributed by atoms with Crippen LogP contribution in [0, 0.1) is 11.8 Å². The Kier molecular flexibility index (Phi) is 21.1. The second kappa shape index (κ2) is 24.4. The number of carbonyl (C=O) groups excluding carboxylic acids is 2. The van der Waals surface area contributed by atoms with Gasteiger partial charge >= 0.3 is 6.09 Å². The molecule has 0 aliphatic rings. The summed E-state index contributed by atoms with van der Waals surface area (Å²) in [4.78, 5) is 24.8. The van der Waals surface area contributed by atoms with Crippen molar-refractivity contribution in [1.82, 2.24) is 9.62 Å². The van der Waals surface area contributed by atoms with Crippen molar-refractivity contribution >= 4 is 32.9 Å². The van der Waals surface area contributed by atoms with Crippen molar-refractivity contribution in [2.24, 2.45) is 11.8 Å². The summed E-state index contributed by atoms with van der Waals surface area (Å²) in [7, 11) is -2.38. The van der Waals surface area contributed by atoms with Gasteiger partial charge in [0.1, 0.15) is 6.54 Å². The molecule has 0 aliphatic carbocycles. The van der Waals surface area contributed by atoms with Crippen molar-refractivity contribution in [3.05, 3.63) is 42.6 Å². The Morgan fingerprint density at radius 2 is 1.40 bits per heavy atom. The number of nitrogens with one attached hydrogen (secondary N) is 1. The van der Waals surface area contributed by atoms with Crippen LogP contribution < -0.4 is 9.88 Å². The van der Waals surface area contributed by atoms with Crippen LogP contribution in [0.25, 0.3) is 10.9 Å². The molecular weight excluding hydrogens is 626 g/mol. The number of benzene rings is 1. The molecule has 0 spiro atoms. The zero-order valence-corrected chi connectivity index (χ0v) is 31.1. The van der Waals surface area contributed by atoms with E-state index in [1.54, 1.807) is 0 Å². The normalized spacial score (nSPS) is 12.4. The molecule has 9 nitrogen and oxygen atoms in total. The molecule has 0 saturated heterocycles. The minimum absolute atomic E-state index is 0.0526. The summed E-state index contributed by atoms with van der Waals surface area (Å²) in [6, 6.07) is 11.9. The summed E-state index contributed by atoms with van der Waals surface area (Å²) >= 11 is 0. The SMILES string of the molecule is COCC(COC(=O)NCCCCCCCCCCCCCCCC(C)C)CN(C(C)=O)S(=O)(=O)CCC[n+]1cccc2ccccc21. The average Bonchev–Trinajstić information content (AvgIpc) is 3.05. The first-order valence-corrected chi connectivity index (χ1v) is 20.0. The number of ether oxygens (including phenoxy) is 2. The largest absolute Gasteiger partial charge is 0.449 e. The summed E-state index contributed by atoms with van der Waals surface area (Å²) in [5, 5.41) is 3.86. The second-order valence-corrected chi connectivity index (χ2v) is 15.6. The van der Waals surface area contributed by atoms with Crippen LogP contribution in [0.4, 0.5) is 4.79 Å². The number of nitrogens with zero attached hydrogens (tertiary/aromatic N) is 2. The molecule has 1 aromatic carbocycles. The zero-order valence-electron chi connectivity index (χ0n) is 30.3. The number of rotatable bonds is 27. The Morgan fingerprint density at radius 1 is 0.812 bits per heavy atom. The molecule has 2 rings (SSSR count). The van der Waals surface area contributed by atoms with Crippen LogP contribution in [0.2, 0.25) is 0 Å². The third kappa shape index (κ3) is 17.6. The molecule has 2 amide bonds. The van der Waals surface area contributed by atoms with Crippen LogP contribution in [0.15, 0.2) is 42.6 Å². The quantitative estimate of drug-likeness (QED) is 0.0758. The molecule has 0 saturated carbocycles. The smallest absolute Gasteiger partial charge is 0.407 e. The summed E-state index contributed by atoms with van der Waals surface area (Å²) in [5.74, 6) is -0.398. The van der Waals surface area contributed by atoms with Gasteiger partial charge in [-0.1, -0.05) is 109 Å². The summed E-state index contributed by atoms with van der Waals surface area (Å²) in [6.07, 6.45) is 19.6. The van der Waals surface area contributed by atoms with Crippen molar-refractivity contribution < 1.29 is 32.0 Å². The number of sulfonamides is 1. The fourth-order valence-electron chi connectivity index (χ4n) is 6.06. The Balaban J connectivity index is 1.60. The molecule has 0 radical (unpaired) electrons. The number of aryl methyl sites for hydroxylation is 1. The van der Waals surface area contributed by atoms with E-state index in [1.807, 2.05) is 47.2 Å². The molecule has 0 bridgehead atoms. The lowest BCUT2D eigenvalue weighted by Crippen LogP contribution is -2.43. The predicted octanol–water partition coefficient (Wildman–Crippen LogP) is 7.80. The lowest BCUT2D eigenvalue weighted by molar-refractivity contribution is -0.671. The van der Waals surface area contributed by atoms with Crippen molar-refractivity contribution in [3.63, 3.8) is 0 Å². The first kappa shape index (κ1) is 41.5. The zero-order chi connectivity index (χ0) is 35.0. The van der Waals surface area contributed by atoms with E-state index in [4.69, 9.17) is 9.47 Å². The van der Waals surface area contributed by atoms with E-state index >= 15 is 0 Å². The molecule has 1 N–H and O–H groups in total. The number of aromatic nitrogens is 1. The molecule has 1 heterocycles. The number of para-hydroxylation sites is 1. The van der Waals surface area contributed by atoms with Gasteiger partial charge in [-0.05, 0) is 24.5 Å². The summed E-state index contributed by atoms with van der Waals surface area (Å²) < 4.78 is 40.0. The topological polar surface area (TPSA) is 106 Å². The molecule has 272 valence electrons. The second-order valence-electron chi connectivity index (χ2n) is 13.6. The standard InChI is InChI=1S/C38H63N3O6S/c1-33(2)22-16-14-12-10-8-6-5-7-9-11-13-15-19-26-39-38(43)47-32-35(31-46-4)30-41(34(3)42)48(44,45)29-21-28-40-27-20-24-36-23-17-18-25-37(36)40/h17-18,20,23-25,27,33,35H,5-16,19,21-22,26,28-32H2,1-4H3/p+1. The Morgan fingerprint density at radius 3 is 2.00 bits per heavy atom. The average molecular weight is 691 g/mol. The third-order valence-electron chi connectivity index (χ3n) is 8.78. The van der Waals surface area contributed by atoms with E-state index in [1.165, 1.54) is 91.1 Å². The maximum atomic E-state index is 13.2. The molecule has 48 heavy (non-hydrogen) atoms. The number of amides is 2. The van der Waals surface area contributed by atoms with Crippen LogP contribution in [-0.2, 0) is 30.8 Å². The van der Waals surface area contributed by atoms with Gasteiger partial charge in [0, 0.05) is 57.0 Å². The maximum absolute atomic E-state index is 13.2. The van der Waals surface area contributed by atoms with Crippen molar-refractivity contribution in [3.8, 4) is 0 Å². The van der Waals surface area contributed by atoms with Crippen LogP contribution in [0.1, 0.15) is 117 Å². The van der Waals surface area contributed by atoms with E-state index in [0.717, 1.165) is 34.0 Å². The predicted molar refractivity (Wildman–Crippen MR) is 194 cm³/mol. The van der Waals surface area contributed by atoms with Gasteiger partial charge < -0.3 is 14.8 Å². The fraction of sp³-hybridized carbons (Fsp3) is 0.711. The van der Waals surface area contributed by atoms with E-state index < -0.39 is 27.9 Å². The van der Waals surface area contributed by atoms with Crippen molar-refractivity contribution in [2.45, 2.75) is 124 Å². The van der Waals surface area contributed by atoms with Gasteiger partial charge in [0.05, 0.1) is 19.0 Å². The molecule has 1 atom stereocenters. The number of alkyl carbamates (subject to hydrolysis) is 1. The molecule has 1 unspecified atom stereocenters. The van der Waals surface area contributed by atoms with Crippen LogP contribution >= 0.6 is 0 Å². The molecule has 0 fully saturated rings.